The Labute approximate surface area is 117 Å². The van der Waals surface area contributed by atoms with Crippen LogP contribution in [0.4, 0.5) is 0 Å². The highest BCUT2D eigenvalue weighted by atomic mass is 15.3. The van der Waals surface area contributed by atoms with Crippen LogP contribution >= 0.6 is 0 Å². The molecule has 1 heterocycles. The Morgan fingerprint density at radius 1 is 1.32 bits per heavy atom. The fourth-order valence-electron chi connectivity index (χ4n) is 3.16. The number of aryl methyl sites for hydroxylation is 1. The molecule has 0 atom stereocenters. The zero-order chi connectivity index (χ0) is 13.7. The van der Waals surface area contributed by atoms with Crippen LogP contribution in [0.3, 0.4) is 0 Å². The maximum absolute atomic E-state index is 4.48. The Hall–Kier alpha value is -0.900. The molecule has 19 heavy (non-hydrogen) atoms. The smallest absolute Gasteiger partial charge is 0.138 e. The highest BCUT2D eigenvalue weighted by Gasteiger charge is 2.33. The fourth-order valence-corrected chi connectivity index (χ4v) is 3.16. The summed E-state index contributed by atoms with van der Waals surface area (Å²) in [6, 6.07) is 0.558. The Balaban J connectivity index is 2.08. The molecule has 0 aliphatic heterocycles. The number of hydrogen-bond donors (Lipinski definition) is 1. The lowest BCUT2D eigenvalue weighted by Gasteiger charge is -2.38. The van der Waals surface area contributed by atoms with E-state index in [1.165, 1.54) is 32.1 Å². The first kappa shape index (κ1) is 14.5. The van der Waals surface area contributed by atoms with Crippen LogP contribution in [0.15, 0.2) is 6.33 Å². The van der Waals surface area contributed by atoms with Crippen molar-refractivity contribution >= 4 is 0 Å². The number of hydrogen-bond acceptors (Lipinski definition) is 3. The van der Waals surface area contributed by atoms with Gasteiger partial charge in [0.25, 0.3) is 0 Å². The molecule has 0 spiro atoms. The predicted molar refractivity (Wildman–Crippen MR) is 78.1 cm³/mol. The van der Waals surface area contributed by atoms with Gasteiger partial charge in [0, 0.05) is 25.6 Å². The molecule has 1 fully saturated rings. The Bertz CT molecular complexity index is 377. The van der Waals surface area contributed by atoms with Crippen LogP contribution in [0, 0.1) is 5.41 Å². The van der Waals surface area contributed by atoms with Gasteiger partial charge < -0.3 is 5.32 Å². The summed E-state index contributed by atoms with van der Waals surface area (Å²) >= 11 is 0. The van der Waals surface area contributed by atoms with E-state index in [-0.39, 0.29) is 0 Å². The van der Waals surface area contributed by atoms with Gasteiger partial charge in [0.2, 0.25) is 0 Å². The molecule has 1 aliphatic carbocycles. The third-order valence-electron chi connectivity index (χ3n) is 4.33. The minimum absolute atomic E-state index is 0.391. The molecule has 1 aromatic heterocycles. The first-order valence-electron chi connectivity index (χ1n) is 7.75. The molecule has 0 amide bonds. The van der Waals surface area contributed by atoms with Crippen molar-refractivity contribution in [3.8, 4) is 0 Å². The third-order valence-corrected chi connectivity index (χ3v) is 4.33. The van der Waals surface area contributed by atoms with Crippen molar-refractivity contribution in [3.63, 3.8) is 0 Å². The molecular weight excluding hydrogens is 236 g/mol. The van der Waals surface area contributed by atoms with Gasteiger partial charge in [-0.1, -0.05) is 33.1 Å². The molecule has 0 aromatic carbocycles. The molecule has 2 rings (SSSR count). The van der Waals surface area contributed by atoms with Crippen molar-refractivity contribution in [1.29, 1.82) is 0 Å². The number of nitrogens with one attached hydrogen (secondary N) is 1. The molecule has 1 aliphatic rings. The van der Waals surface area contributed by atoms with Crippen molar-refractivity contribution in [1.82, 2.24) is 20.1 Å². The minimum Gasteiger partial charge on any atom is -0.314 e. The van der Waals surface area contributed by atoms with Gasteiger partial charge in [0.05, 0.1) is 0 Å². The Kier molecular flexibility index (Phi) is 4.97. The molecular formula is C15H28N4. The van der Waals surface area contributed by atoms with Gasteiger partial charge in [0.1, 0.15) is 12.2 Å². The summed E-state index contributed by atoms with van der Waals surface area (Å²) in [5.74, 6) is 1.16. The first-order valence-corrected chi connectivity index (χ1v) is 7.75. The van der Waals surface area contributed by atoms with E-state index < -0.39 is 0 Å². The van der Waals surface area contributed by atoms with Crippen molar-refractivity contribution < 1.29 is 0 Å². The average molecular weight is 264 g/mol. The summed E-state index contributed by atoms with van der Waals surface area (Å²) in [5.41, 5.74) is 0.391. The van der Waals surface area contributed by atoms with Crippen LogP contribution in [0.1, 0.15) is 58.7 Å². The van der Waals surface area contributed by atoms with Crippen LogP contribution < -0.4 is 5.32 Å². The normalized spacial score (nSPS) is 18.9. The van der Waals surface area contributed by atoms with Gasteiger partial charge in [-0.25, -0.2) is 4.98 Å². The van der Waals surface area contributed by atoms with Crippen LogP contribution in [0.25, 0.3) is 0 Å². The molecule has 4 heteroatoms. The molecule has 0 saturated heterocycles. The van der Waals surface area contributed by atoms with Gasteiger partial charge >= 0.3 is 0 Å². The lowest BCUT2D eigenvalue weighted by Crippen LogP contribution is -2.41. The van der Waals surface area contributed by atoms with Crippen LogP contribution in [0.5, 0.6) is 0 Å². The van der Waals surface area contributed by atoms with E-state index in [0.717, 1.165) is 25.3 Å². The van der Waals surface area contributed by atoms with Gasteiger partial charge in [-0.2, -0.15) is 5.10 Å². The quantitative estimate of drug-likeness (QED) is 0.859. The van der Waals surface area contributed by atoms with E-state index in [0.29, 0.717) is 11.5 Å². The summed E-state index contributed by atoms with van der Waals surface area (Å²) in [6.45, 7) is 8.62. The summed E-state index contributed by atoms with van der Waals surface area (Å²) < 4.78 is 2.05. The van der Waals surface area contributed by atoms with E-state index in [1.807, 2.05) is 4.68 Å². The molecule has 108 valence electrons. The van der Waals surface area contributed by atoms with Crippen molar-refractivity contribution in [2.45, 2.75) is 71.9 Å². The Morgan fingerprint density at radius 3 is 2.68 bits per heavy atom. The summed E-state index contributed by atoms with van der Waals surface area (Å²) in [5, 5.41) is 7.96. The van der Waals surface area contributed by atoms with Gasteiger partial charge in [-0.3, -0.25) is 4.68 Å². The molecule has 1 aromatic rings. The van der Waals surface area contributed by atoms with E-state index in [1.54, 1.807) is 6.33 Å². The summed E-state index contributed by atoms with van der Waals surface area (Å²) in [6.07, 6.45) is 9.53. The highest BCUT2D eigenvalue weighted by molar-refractivity contribution is 4.97. The van der Waals surface area contributed by atoms with Crippen molar-refractivity contribution in [2.24, 2.45) is 5.41 Å². The molecule has 4 nitrogen and oxygen atoms in total. The zero-order valence-corrected chi connectivity index (χ0v) is 12.7. The lowest BCUT2D eigenvalue weighted by molar-refractivity contribution is 0.171. The minimum atomic E-state index is 0.391. The Morgan fingerprint density at radius 2 is 2.05 bits per heavy atom. The number of rotatable bonds is 6. The maximum atomic E-state index is 4.48. The molecule has 0 unspecified atom stereocenters. The van der Waals surface area contributed by atoms with Crippen molar-refractivity contribution in [2.75, 3.05) is 6.54 Å². The van der Waals surface area contributed by atoms with E-state index in [4.69, 9.17) is 0 Å². The number of nitrogens with zero attached hydrogens (tertiary/aromatic N) is 3. The molecule has 1 N–H and O–H groups in total. The highest BCUT2D eigenvalue weighted by Crippen LogP contribution is 2.38. The van der Waals surface area contributed by atoms with Crippen molar-refractivity contribution in [3.05, 3.63) is 12.2 Å². The van der Waals surface area contributed by atoms with Crippen LogP contribution in [0.2, 0.25) is 0 Å². The molecule has 1 saturated carbocycles. The summed E-state index contributed by atoms with van der Waals surface area (Å²) in [7, 11) is 0. The molecule has 0 bridgehead atoms. The van der Waals surface area contributed by atoms with E-state index in [2.05, 4.69) is 36.2 Å². The second-order valence-corrected chi connectivity index (χ2v) is 6.27. The SMILES string of the molecule is CCn1ncnc1CC1(CNC(C)C)CCCCC1. The standard InChI is InChI=1S/C15H28N4/c1-4-19-14(17-12-18-19)10-15(11-16-13(2)3)8-6-5-7-9-15/h12-13,16H,4-11H2,1-3H3. The monoisotopic (exact) mass is 264 g/mol. The second kappa shape index (κ2) is 6.51. The van der Waals surface area contributed by atoms with Gasteiger partial charge in [0.15, 0.2) is 0 Å². The summed E-state index contributed by atoms with van der Waals surface area (Å²) in [4.78, 5) is 4.48. The zero-order valence-electron chi connectivity index (χ0n) is 12.7. The lowest BCUT2D eigenvalue weighted by atomic mass is 9.71. The third kappa shape index (κ3) is 3.78. The van der Waals surface area contributed by atoms with Crippen LogP contribution in [-0.2, 0) is 13.0 Å². The first-order chi connectivity index (χ1) is 9.15. The predicted octanol–water partition coefficient (Wildman–Crippen LogP) is 2.79. The largest absolute Gasteiger partial charge is 0.314 e. The van der Waals surface area contributed by atoms with E-state index in [9.17, 15) is 0 Å². The van der Waals surface area contributed by atoms with Gasteiger partial charge in [-0.05, 0) is 25.2 Å². The topological polar surface area (TPSA) is 42.7 Å². The second-order valence-electron chi connectivity index (χ2n) is 6.27. The van der Waals surface area contributed by atoms with Gasteiger partial charge in [-0.15, -0.1) is 0 Å². The number of aromatic nitrogens is 3. The molecule has 0 radical (unpaired) electrons. The fraction of sp³-hybridized carbons (Fsp3) is 0.867. The maximum Gasteiger partial charge on any atom is 0.138 e. The van der Waals surface area contributed by atoms with E-state index >= 15 is 0 Å². The average Bonchev–Trinajstić information content (AvgIpc) is 2.85. The van der Waals surface area contributed by atoms with Crippen LogP contribution in [-0.4, -0.2) is 27.4 Å².